The van der Waals surface area contributed by atoms with Gasteiger partial charge in [-0.1, -0.05) is 0 Å². The Morgan fingerprint density at radius 2 is 2.06 bits per heavy atom. The van der Waals surface area contributed by atoms with E-state index in [1.165, 1.54) is 0 Å². The number of amides is 1. The highest BCUT2D eigenvalue weighted by Gasteiger charge is 2.18. The van der Waals surface area contributed by atoms with E-state index in [9.17, 15) is 4.79 Å². The predicted octanol–water partition coefficient (Wildman–Crippen LogP) is 2.20. The van der Waals surface area contributed by atoms with Crippen molar-refractivity contribution in [1.82, 2.24) is 5.32 Å². The first-order valence-corrected chi connectivity index (χ1v) is 5.68. The molecule has 4 heteroatoms. The minimum absolute atomic E-state index is 0.173. The summed E-state index contributed by atoms with van der Waals surface area (Å²) in [6.07, 6.45) is 0. The molecule has 0 aromatic heterocycles. The van der Waals surface area contributed by atoms with Crippen LogP contribution in [0.25, 0.3) is 0 Å². The molecular weight excluding hydrogens is 216 g/mol. The van der Waals surface area contributed by atoms with Crippen LogP contribution in [-0.2, 0) is 0 Å². The Bertz CT molecular complexity index is 408. The number of carbonyl (C=O) groups is 1. The number of benzene rings is 1. The SMILES string of the molecule is CCOc1ccc(N)cc1C(=O)NC(C)(C)C. The highest BCUT2D eigenvalue weighted by atomic mass is 16.5. The number of nitrogens with two attached hydrogens (primary N) is 1. The van der Waals surface area contributed by atoms with Crippen LogP contribution in [0.2, 0.25) is 0 Å². The van der Waals surface area contributed by atoms with Gasteiger partial charge in [0.05, 0.1) is 12.2 Å². The Kier molecular flexibility index (Phi) is 3.99. The highest BCUT2D eigenvalue weighted by Crippen LogP contribution is 2.22. The van der Waals surface area contributed by atoms with E-state index >= 15 is 0 Å². The van der Waals surface area contributed by atoms with E-state index < -0.39 is 0 Å². The molecule has 94 valence electrons. The molecule has 0 fully saturated rings. The molecule has 3 N–H and O–H groups in total. The van der Waals surface area contributed by atoms with E-state index in [0.29, 0.717) is 23.6 Å². The van der Waals surface area contributed by atoms with Crippen LogP contribution < -0.4 is 15.8 Å². The Morgan fingerprint density at radius 3 is 2.59 bits per heavy atom. The van der Waals surface area contributed by atoms with Crippen molar-refractivity contribution in [1.29, 1.82) is 0 Å². The van der Waals surface area contributed by atoms with Crippen molar-refractivity contribution < 1.29 is 9.53 Å². The lowest BCUT2D eigenvalue weighted by molar-refractivity contribution is 0.0916. The topological polar surface area (TPSA) is 64.3 Å². The average Bonchev–Trinajstić information content (AvgIpc) is 2.18. The van der Waals surface area contributed by atoms with Crippen LogP contribution >= 0.6 is 0 Å². The third-order valence-corrected chi connectivity index (χ3v) is 2.04. The maximum Gasteiger partial charge on any atom is 0.255 e. The third-order valence-electron chi connectivity index (χ3n) is 2.04. The summed E-state index contributed by atoms with van der Waals surface area (Å²) in [5.74, 6) is 0.386. The monoisotopic (exact) mass is 236 g/mol. The van der Waals surface area contributed by atoms with Gasteiger partial charge in [-0.15, -0.1) is 0 Å². The zero-order valence-electron chi connectivity index (χ0n) is 10.8. The summed E-state index contributed by atoms with van der Waals surface area (Å²) < 4.78 is 5.41. The first-order chi connectivity index (χ1) is 7.83. The van der Waals surface area contributed by atoms with Gasteiger partial charge in [0.2, 0.25) is 0 Å². The summed E-state index contributed by atoms with van der Waals surface area (Å²) in [5.41, 5.74) is 6.43. The summed E-state index contributed by atoms with van der Waals surface area (Å²) in [6, 6.07) is 5.07. The lowest BCUT2D eigenvalue weighted by atomic mass is 10.1. The van der Waals surface area contributed by atoms with Gasteiger partial charge in [-0.3, -0.25) is 4.79 Å². The van der Waals surface area contributed by atoms with Crippen molar-refractivity contribution in [2.75, 3.05) is 12.3 Å². The van der Waals surface area contributed by atoms with Gasteiger partial charge in [-0.05, 0) is 45.9 Å². The summed E-state index contributed by atoms with van der Waals surface area (Å²) in [5, 5.41) is 2.89. The lowest BCUT2D eigenvalue weighted by Crippen LogP contribution is -2.40. The van der Waals surface area contributed by atoms with E-state index in [-0.39, 0.29) is 11.4 Å². The largest absolute Gasteiger partial charge is 0.493 e. The molecule has 17 heavy (non-hydrogen) atoms. The number of hydrogen-bond acceptors (Lipinski definition) is 3. The van der Waals surface area contributed by atoms with Crippen LogP contribution in [0.4, 0.5) is 5.69 Å². The molecule has 1 rings (SSSR count). The summed E-state index contributed by atoms with van der Waals surface area (Å²) >= 11 is 0. The van der Waals surface area contributed by atoms with E-state index in [1.807, 2.05) is 27.7 Å². The number of ether oxygens (including phenoxy) is 1. The van der Waals surface area contributed by atoms with Gasteiger partial charge in [0, 0.05) is 11.2 Å². The van der Waals surface area contributed by atoms with Crippen LogP contribution in [0, 0.1) is 0 Å². The molecule has 0 aliphatic carbocycles. The smallest absolute Gasteiger partial charge is 0.255 e. The molecule has 1 amide bonds. The predicted molar refractivity (Wildman–Crippen MR) is 69.2 cm³/mol. The Balaban J connectivity index is 3.02. The summed E-state index contributed by atoms with van der Waals surface area (Å²) in [4.78, 5) is 12.1. The highest BCUT2D eigenvalue weighted by molar-refractivity contribution is 5.98. The van der Waals surface area contributed by atoms with Crippen LogP contribution in [-0.4, -0.2) is 18.1 Å². The van der Waals surface area contributed by atoms with Crippen molar-refractivity contribution in [2.45, 2.75) is 33.2 Å². The maximum absolute atomic E-state index is 12.1. The fourth-order valence-electron chi connectivity index (χ4n) is 1.41. The third kappa shape index (κ3) is 3.98. The number of hydrogen-bond donors (Lipinski definition) is 2. The Labute approximate surface area is 102 Å². The van der Waals surface area contributed by atoms with Crippen molar-refractivity contribution in [2.24, 2.45) is 0 Å². The molecule has 0 saturated carbocycles. The van der Waals surface area contributed by atoms with E-state index in [4.69, 9.17) is 10.5 Å². The molecule has 0 aliphatic rings. The molecule has 0 spiro atoms. The fourth-order valence-corrected chi connectivity index (χ4v) is 1.41. The van der Waals surface area contributed by atoms with E-state index in [0.717, 1.165) is 0 Å². The summed E-state index contributed by atoms with van der Waals surface area (Å²) in [6.45, 7) is 8.17. The van der Waals surface area contributed by atoms with Gasteiger partial charge in [0.25, 0.3) is 5.91 Å². The molecule has 0 saturated heterocycles. The van der Waals surface area contributed by atoms with Crippen LogP contribution in [0.15, 0.2) is 18.2 Å². The van der Waals surface area contributed by atoms with E-state index in [1.54, 1.807) is 18.2 Å². The number of anilines is 1. The second-order valence-electron chi connectivity index (χ2n) is 4.89. The number of nitrogens with one attached hydrogen (secondary N) is 1. The molecule has 0 heterocycles. The Morgan fingerprint density at radius 1 is 1.41 bits per heavy atom. The molecule has 0 atom stereocenters. The van der Waals surface area contributed by atoms with Crippen LogP contribution in [0.1, 0.15) is 38.1 Å². The normalized spacial score (nSPS) is 11.1. The van der Waals surface area contributed by atoms with Gasteiger partial charge >= 0.3 is 0 Å². The quantitative estimate of drug-likeness (QED) is 0.791. The van der Waals surface area contributed by atoms with Crippen molar-refractivity contribution in [3.8, 4) is 5.75 Å². The first kappa shape index (κ1) is 13.4. The lowest BCUT2D eigenvalue weighted by Gasteiger charge is -2.21. The van der Waals surface area contributed by atoms with Crippen molar-refractivity contribution >= 4 is 11.6 Å². The zero-order valence-corrected chi connectivity index (χ0v) is 10.8. The number of rotatable bonds is 3. The molecule has 0 aliphatic heterocycles. The maximum atomic E-state index is 12.1. The second kappa shape index (κ2) is 5.08. The van der Waals surface area contributed by atoms with Crippen LogP contribution in [0.5, 0.6) is 5.75 Å². The molecule has 4 nitrogen and oxygen atoms in total. The van der Waals surface area contributed by atoms with Gasteiger partial charge in [0.15, 0.2) is 0 Å². The minimum Gasteiger partial charge on any atom is -0.493 e. The van der Waals surface area contributed by atoms with Crippen molar-refractivity contribution in [3.05, 3.63) is 23.8 Å². The minimum atomic E-state index is -0.287. The van der Waals surface area contributed by atoms with Crippen molar-refractivity contribution in [3.63, 3.8) is 0 Å². The molecule has 1 aromatic carbocycles. The molecule has 0 bridgehead atoms. The molecule has 0 radical (unpaired) electrons. The van der Waals surface area contributed by atoms with Gasteiger partial charge in [0.1, 0.15) is 5.75 Å². The molecular formula is C13H20N2O2. The second-order valence-corrected chi connectivity index (χ2v) is 4.89. The van der Waals surface area contributed by atoms with E-state index in [2.05, 4.69) is 5.32 Å². The van der Waals surface area contributed by atoms with Gasteiger partial charge in [-0.2, -0.15) is 0 Å². The molecule has 1 aromatic rings. The number of carbonyl (C=O) groups excluding carboxylic acids is 1. The van der Waals surface area contributed by atoms with Crippen LogP contribution in [0.3, 0.4) is 0 Å². The Hall–Kier alpha value is -1.71. The standard InChI is InChI=1S/C13H20N2O2/c1-5-17-11-7-6-9(14)8-10(11)12(16)15-13(2,3)4/h6-8H,5,14H2,1-4H3,(H,15,16). The van der Waals surface area contributed by atoms with Gasteiger partial charge in [-0.25, -0.2) is 0 Å². The first-order valence-electron chi connectivity index (χ1n) is 5.68. The van der Waals surface area contributed by atoms with Gasteiger partial charge < -0.3 is 15.8 Å². The fraction of sp³-hybridized carbons (Fsp3) is 0.462. The number of nitrogen functional groups attached to an aromatic ring is 1. The summed E-state index contributed by atoms with van der Waals surface area (Å²) in [7, 11) is 0. The zero-order chi connectivity index (χ0) is 13.1. The molecule has 0 unspecified atom stereocenters. The average molecular weight is 236 g/mol.